The van der Waals surface area contributed by atoms with E-state index in [-0.39, 0.29) is 0 Å². The van der Waals surface area contributed by atoms with Gasteiger partial charge in [0.15, 0.2) is 0 Å². The van der Waals surface area contributed by atoms with E-state index in [4.69, 9.17) is 0 Å². The van der Waals surface area contributed by atoms with Crippen molar-refractivity contribution in [2.75, 3.05) is 6.54 Å². The van der Waals surface area contributed by atoms with Crippen molar-refractivity contribution in [3.8, 4) is 0 Å². The van der Waals surface area contributed by atoms with Crippen LogP contribution >= 0.6 is 0 Å². The van der Waals surface area contributed by atoms with Gasteiger partial charge in [0.2, 0.25) is 0 Å². The summed E-state index contributed by atoms with van der Waals surface area (Å²) in [6.45, 7) is 9.54. The molecule has 0 amide bonds. The summed E-state index contributed by atoms with van der Waals surface area (Å²) in [6.07, 6.45) is 15.3. The lowest BCUT2D eigenvalue weighted by molar-refractivity contribution is 0.418. The van der Waals surface area contributed by atoms with Crippen LogP contribution in [-0.4, -0.2) is 12.6 Å². The largest absolute Gasteiger partial charge is 0.314 e. The van der Waals surface area contributed by atoms with Crippen LogP contribution in [0.1, 0.15) is 78.1 Å². The van der Waals surface area contributed by atoms with Gasteiger partial charge < -0.3 is 5.32 Å². The van der Waals surface area contributed by atoms with Crippen LogP contribution in [0.25, 0.3) is 0 Å². The Morgan fingerprint density at radius 2 is 1.65 bits per heavy atom. The van der Waals surface area contributed by atoms with Crippen LogP contribution in [0.15, 0.2) is 12.7 Å². The Morgan fingerprint density at radius 1 is 0.941 bits per heavy atom. The summed E-state index contributed by atoms with van der Waals surface area (Å²) in [5.74, 6) is 0. The first kappa shape index (κ1) is 16.7. The highest BCUT2D eigenvalue weighted by atomic mass is 14.9. The first-order valence-electron chi connectivity index (χ1n) is 7.69. The van der Waals surface area contributed by atoms with E-state index in [2.05, 4.69) is 25.7 Å². The van der Waals surface area contributed by atoms with E-state index in [1.807, 2.05) is 6.08 Å². The van der Waals surface area contributed by atoms with Crippen molar-refractivity contribution in [1.29, 1.82) is 0 Å². The second kappa shape index (κ2) is 13.8. The number of unbranched alkanes of at least 4 members (excludes halogenated alkanes) is 5. The Labute approximate surface area is 109 Å². The van der Waals surface area contributed by atoms with Crippen LogP contribution in [0.4, 0.5) is 0 Å². The predicted octanol–water partition coefficient (Wildman–Crippen LogP) is 5.07. The topological polar surface area (TPSA) is 12.0 Å². The molecule has 0 saturated carbocycles. The highest BCUT2D eigenvalue weighted by molar-refractivity contribution is 4.70. The zero-order valence-corrected chi connectivity index (χ0v) is 12.1. The SMILES string of the molecule is C=CCCCCC(CCCC)NCCCCC. The number of rotatable bonds is 13. The third-order valence-corrected chi connectivity index (χ3v) is 3.33. The molecule has 1 heteroatoms. The summed E-state index contributed by atoms with van der Waals surface area (Å²) >= 11 is 0. The lowest BCUT2D eigenvalue weighted by Crippen LogP contribution is -2.30. The van der Waals surface area contributed by atoms with Gasteiger partial charge in [-0.05, 0) is 38.6 Å². The summed E-state index contributed by atoms with van der Waals surface area (Å²) in [5.41, 5.74) is 0. The molecule has 0 aromatic heterocycles. The van der Waals surface area contributed by atoms with Gasteiger partial charge in [0.05, 0.1) is 0 Å². The fourth-order valence-corrected chi connectivity index (χ4v) is 2.16. The molecule has 0 aliphatic heterocycles. The Bertz CT molecular complexity index is 154. The molecule has 0 aromatic rings. The number of allylic oxidation sites excluding steroid dienone is 1. The molecule has 0 saturated heterocycles. The maximum Gasteiger partial charge on any atom is 0.00670 e. The standard InChI is InChI=1S/C16H33N/c1-4-7-10-11-14-16(13-9-6-3)17-15-12-8-5-2/h4,16-17H,1,5-15H2,2-3H3. The molecule has 0 heterocycles. The van der Waals surface area contributed by atoms with Gasteiger partial charge in [0.1, 0.15) is 0 Å². The highest BCUT2D eigenvalue weighted by Crippen LogP contribution is 2.10. The van der Waals surface area contributed by atoms with Gasteiger partial charge >= 0.3 is 0 Å². The van der Waals surface area contributed by atoms with Crippen molar-refractivity contribution in [3.05, 3.63) is 12.7 Å². The summed E-state index contributed by atoms with van der Waals surface area (Å²) in [4.78, 5) is 0. The van der Waals surface area contributed by atoms with Gasteiger partial charge in [-0.15, -0.1) is 6.58 Å². The lowest BCUT2D eigenvalue weighted by atomic mass is 10.0. The van der Waals surface area contributed by atoms with Crippen LogP contribution in [0, 0.1) is 0 Å². The number of hydrogen-bond donors (Lipinski definition) is 1. The second-order valence-electron chi connectivity index (χ2n) is 5.07. The number of hydrogen-bond acceptors (Lipinski definition) is 1. The van der Waals surface area contributed by atoms with Gasteiger partial charge in [0, 0.05) is 6.04 Å². The van der Waals surface area contributed by atoms with Crippen LogP contribution in [0.2, 0.25) is 0 Å². The quantitative estimate of drug-likeness (QED) is 0.349. The van der Waals surface area contributed by atoms with Crippen LogP contribution < -0.4 is 5.32 Å². The zero-order valence-electron chi connectivity index (χ0n) is 12.1. The zero-order chi connectivity index (χ0) is 12.8. The summed E-state index contributed by atoms with van der Waals surface area (Å²) < 4.78 is 0. The molecule has 1 N–H and O–H groups in total. The fourth-order valence-electron chi connectivity index (χ4n) is 2.16. The molecule has 0 radical (unpaired) electrons. The molecular formula is C16H33N. The highest BCUT2D eigenvalue weighted by Gasteiger charge is 2.06. The Kier molecular flexibility index (Phi) is 13.5. The van der Waals surface area contributed by atoms with Crippen molar-refractivity contribution in [2.24, 2.45) is 0 Å². The Balaban J connectivity index is 3.59. The second-order valence-corrected chi connectivity index (χ2v) is 5.07. The smallest absolute Gasteiger partial charge is 0.00670 e. The number of nitrogens with one attached hydrogen (secondary N) is 1. The normalized spacial score (nSPS) is 12.6. The van der Waals surface area contributed by atoms with E-state index in [9.17, 15) is 0 Å². The molecule has 0 aromatic carbocycles. The molecular weight excluding hydrogens is 206 g/mol. The maximum absolute atomic E-state index is 3.78. The van der Waals surface area contributed by atoms with Crippen LogP contribution in [-0.2, 0) is 0 Å². The van der Waals surface area contributed by atoms with E-state index in [0.29, 0.717) is 0 Å². The molecule has 0 fully saturated rings. The van der Waals surface area contributed by atoms with Crippen LogP contribution in [0.5, 0.6) is 0 Å². The minimum absolute atomic E-state index is 0.761. The summed E-state index contributed by atoms with van der Waals surface area (Å²) in [5, 5.41) is 3.74. The minimum Gasteiger partial charge on any atom is -0.314 e. The average molecular weight is 239 g/mol. The molecule has 1 unspecified atom stereocenters. The Hall–Kier alpha value is -0.300. The van der Waals surface area contributed by atoms with E-state index in [1.54, 1.807) is 0 Å². The van der Waals surface area contributed by atoms with Crippen molar-refractivity contribution in [1.82, 2.24) is 5.32 Å². The van der Waals surface area contributed by atoms with Gasteiger partial charge in [-0.2, -0.15) is 0 Å². The predicted molar refractivity (Wildman–Crippen MR) is 79.5 cm³/mol. The molecule has 0 spiro atoms. The van der Waals surface area contributed by atoms with Gasteiger partial charge in [0.25, 0.3) is 0 Å². The molecule has 0 bridgehead atoms. The monoisotopic (exact) mass is 239 g/mol. The van der Waals surface area contributed by atoms with Gasteiger partial charge in [-0.3, -0.25) is 0 Å². The van der Waals surface area contributed by atoms with Gasteiger partial charge in [-0.25, -0.2) is 0 Å². The van der Waals surface area contributed by atoms with Crippen molar-refractivity contribution < 1.29 is 0 Å². The van der Waals surface area contributed by atoms with Crippen LogP contribution in [0.3, 0.4) is 0 Å². The molecule has 1 nitrogen and oxygen atoms in total. The average Bonchev–Trinajstić information content (AvgIpc) is 2.35. The van der Waals surface area contributed by atoms with Crippen molar-refractivity contribution in [3.63, 3.8) is 0 Å². The molecule has 0 rings (SSSR count). The van der Waals surface area contributed by atoms with Crippen molar-refractivity contribution >= 4 is 0 Å². The van der Waals surface area contributed by atoms with E-state index >= 15 is 0 Å². The Morgan fingerprint density at radius 3 is 2.29 bits per heavy atom. The first-order chi connectivity index (χ1) is 8.35. The lowest BCUT2D eigenvalue weighted by Gasteiger charge is -2.18. The molecule has 1 atom stereocenters. The summed E-state index contributed by atoms with van der Waals surface area (Å²) in [7, 11) is 0. The summed E-state index contributed by atoms with van der Waals surface area (Å²) in [6, 6.07) is 0.761. The van der Waals surface area contributed by atoms with E-state index in [1.165, 1.54) is 70.8 Å². The maximum atomic E-state index is 3.78. The molecule has 102 valence electrons. The third kappa shape index (κ3) is 12.0. The van der Waals surface area contributed by atoms with E-state index < -0.39 is 0 Å². The molecule has 0 aliphatic rings. The van der Waals surface area contributed by atoms with Gasteiger partial charge in [-0.1, -0.05) is 52.0 Å². The molecule has 0 aliphatic carbocycles. The third-order valence-electron chi connectivity index (χ3n) is 3.33. The van der Waals surface area contributed by atoms with Crippen molar-refractivity contribution in [2.45, 2.75) is 84.1 Å². The fraction of sp³-hybridized carbons (Fsp3) is 0.875. The first-order valence-corrected chi connectivity index (χ1v) is 7.69. The van der Waals surface area contributed by atoms with E-state index in [0.717, 1.165) is 6.04 Å². The molecule has 17 heavy (non-hydrogen) atoms. The minimum atomic E-state index is 0.761.